The van der Waals surface area contributed by atoms with Gasteiger partial charge in [-0.15, -0.1) is 0 Å². The molecule has 0 saturated heterocycles. The Balaban J connectivity index is 2.11. The van der Waals surface area contributed by atoms with E-state index in [4.69, 9.17) is 0 Å². The maximum absolute atomic E-state index is 11.7. The molecular formula is C12H11BrN2O. The molecule has 0 aliphatic heterocycles. The van der Waals surface area contributed by atoms with Crippen molar-refractivity contribution in [2.24, 2.45) is 0 Å². The van der Waals surface area contributed by atoms with Crippen LogP contribution < -0.4 is 5.56 Å². The molecule has 0 fully saturated rings. The Kier molecular flexibility index (Phi) is 3.51. The molecule has 0 saturated carbocycles. The molecule has 1 aromatic heterocycles. The van der Waals surface area contributed by atoms with E-state index in [1.807, 2.05) is 18.2 Å². The molecule has 2 aromatic rings. The highest BCUT2D eigenvalue weighted by molar-refractivity contribution is 9.10. The number of halogens is 1. The van der Waals surface area contributed by atoms with Crippen molar-refractivity contribution in [2.75, 3.05) is 0 Å². The van der Waals surface area contributed by atoms with Crippen molar-refractivity contribution in [3.63, 3.8) is 0 Å². The van der Waals surface area contributed by atoms with Crippen LogP contribution >= 0.6 is 15.9 Å². The van der Waals surface area contributed by atoms with Gasteiger partial charge in [0.25, 0.3) is 5.56 Å². The molecule has 0 radical (unpaired) electrons. The van der Waals surface area contributed by atoms with Crippen LogP contribution in [0.3, 0.4) is 0 Å². The lowest BCUT2D eigenvalue weighted by molar-refractivity contribution is 0.651. The Labute approximate surface area is 102 Å². The van der Waals surface area contributed by atoms with Gasteiger partial charge in [0.05, 0.1) is 6.33 Å². The molecular weight excluding hydrogens is 268 g/mol. The van der Waals surface area contributed by atoms with Crippen LogP contribution in [0.5, 0.6) is 0 Å². The van der Waals surface area contributed by atoms with Crippen molar-refractivity contribution < 1.29 is 0 Å². The van der Waals surface area contributed by atoms with Gasteiger partial charge in [-0.25, -0.2) is 4.98 Å². The molecule has 16 heavy (non-hydrogen) atoms. The molecule has 4 heteroatoms. The first-order valence-corrected chi connectivity index (χ1v) is 5.80. The van der Waals surface area contributed by atoms with Gasteiger partial charge in [0, 0.05) is 12.7 Å². The fourth-order valence-electron chi connectivity index (χ4n) is 1.48. The zero-order valence-electron chi connectivity index (χ0n) is 8.64. The third-order valence-electron chi connectivity index (χ3n) is 2.34. The molecule has 2 rings (SSSR count). The lowest BCUT2D eigenvalue weighted by Crippen LogP contribution is -2.21. The van der Waals surface area contributed by atoms with Crippen molar-refractivity contribution >= 4 is 15.9 Å². The summed E-state index contributed by atoms with van der Waals surface area (Å²) in [6, 6.07) is 10.1. The van der Waals surface area contributed by atoms with E-state index in [-0.39, 0.29) is 5.56 Å². The molecule has 1 heterocycles. The predicted molar refractivity (Wildman–Crippen MR) is 66.3 cm³/mol. The number of aromatic nitrogens is 2. The van der Waals surface area contributed by atoms with Crippen LogP contribution in [-0.2, 0) is 13.0 Å². The lowest BCUT2D eigenvalue weighted by Gasteiger charge is -2.04. The third-order valence-corrected chi connectivity index (χ3v) is 2.89. The van der Waals surface area contributed by atoms with Gasteiger partial charge >= 0.3 is 0 Å². The van der Waals surface area contributed by atoms with Gasteiger partial charge in [0.1, 0.15) is 4.47 Å². The number of rotatable bonds is 3. The molecule has 0 spiro atoms. The second kappa shape index (κ2) is 5.07. The number of benzene rings is 1. The number of nitrogens with zero attached hydrogens (tertiary/aromatic N) is 2. The monoisotopic (exact) mass is 278 g/mol. The number of aryl methyl sites for hydroxylation is 2. The second-order valence-electron chi connectivity index (χ2n) is 3.48. The average molecular weight is 279 g/mol. The van der Waals surface area contributed by atoms with Crippen molar-refractivity contribution in [1.82, 2.24) is 9.55 Å². The van der Waals surface area contributed by atoms with Crippen LogP contribution in [0, 0.1) is 0 Å². The Bertz CT molecular complexity index is 522. The molecule has 0 amide bonds. The van der Waals surface area contributed by atoms with E-state index in [0.717, 1.165) is 6.42 Å². The van der Waals surface area contributed by atoms with Crippen molar-refractivity contribution in [3.05, 3.63) is 63.2 Å². The highest BCUT2D eigenvalue weighted by atomic mass is 79.9. The summed E-state index contributed by atoms with van der Waals surface area (Å²) in [5, 5.41) is 0. The standard InChI is InChI=1S/C12H11BrN2O/c13-11-8-14-9-15(12(11)16)7-6-10-4-2-1-3-5-10/h1-5,8-9H,6-7H2. The Morgan fingerprint density at radius 2 is 2.00 bits per heavy atom. The van der Waals surface area contributed by atoms with Gasteiger partial charge in [0.2, 0.25) is 0 Å². The van der Waals surface area contributed by atoms with Crippen LogP contribution in [0.2, 0.25) is 0 Å². The minimum Gasteiger partial charge on any atom is -0.298 e. The normalized spacial score (nSPS) is 10.3. The highest BCUT2D eigenvalue weighted by Gasteiger charge is 2.00. The average Bonchev–Trinajstić information content (AvgIpc) is 2.32. The second-order valence-corrected chi connectivity index (χ2v) is 4.33. The zero-order valence-corrected chi connectivity index (χ0v) is 10.2. The maximum Gasteiger partial charge on any atom is 0.267 e. The Morgan fingerprint density at radius 1 is 1.25 bits per heavy atom. The molecule has 0 atom stereocenters. The first-order chi connectivity index (χ1) is 7.77. The summed E-state index contributed by atoms with van der Waals surface area (Å²) in [4.78, 5) is 15.6. The molecule has 82 valence electrons. The molecule has 3 nitrogen and oxygen atoms in total. The fraction of sp³-hybridized carbons (Fsp3) is 0.167. The smallest absolute Gasteiger partial charge is 0.267 e. The summed E-state index contributed by atoms with van der Waals surface area (Å²) in [7, 11) is 0. The molecule has 1 aromatic carbocycles. The van der Waals surface area contributed by atoms with Crippen molar-refractivity contribution in [1.29, 1.82) is 0 Å². The van der Waals surface area contributed by atoms with Gasteiger partial charge in [0.15, 0.2) is 0 Å². The van der Waals surface area contributed by atoms with Crippen LogP contribution in [0.15, 0.2) is 52.1 Å². The fourth-order valence-corrected chi connectivity index (χ4v) is 1.82. The number of hydrogen-bond acceptors (Lipinski definition) is 2. The Morgan fingerprint density at radius 3 is 2.75 bits per heavy atom. The zero-order chi connectivity index (χ0) is 11.4. The quantitative estimate of drug-likeness (QED) is 0.863. The van der Waals surface area contributed by atoms with E-state index in [1.165, 1.54) is 11.8 Å². The Hall–Kier alpha value is -1.42. The van der Waals surface area contributed by atoms with E-state index in [1.54, 1.807) is 10.9 Å². The van der Waals surface area contributed by atoms with Gasteiger partial charge in [-0.3, -0.25) is 9.36 Å². The SMILES string of the molecule is O=c1c(Br)cncn1CCc1ccccc1. The van der Waals surface area contributed by atoms with Crippen molar-refractivity contribution in [2.45, 2.75) is 13.0 Å². The van der Waals surface area contributed by atoms with Gasteiger partial charge in [-0.05, 0) is 27.9 Å². The van der Waals surface area contributed by atoms with E-state index < -0.39 is 0 Å². The topological polar surface area (TPSA) is 34.9 Å². The largest absolute Gasteiger partial charge is 0.298 e. The third kappa shape index (κ3) is 2.58. The summed E-state index contributed by atoms with van der Waals surface area (Å²) < 4.78 is 2.11. The summed E-state index contributed by atoms with van der Waals surface area (Å²) in [5.41, 5.74) is 1.18. The van der Waals surface area contributed by atoms with Gasteiger partial charge in [-0.2, -0.15) is 0 Å². The predicted octanol–water partition coefficient (Wildman–Crippen LogP) is 2.25. The molecule has 0 unspecified atom stereocenters. The van der Waals surface area contributed by atoms with Crippen LogP contribution in [0.25, 0.3) is 0 Å². The maximum atomic E-state index is 11.7. The van der Waals surface area contributed by atoms with E-state index in [0.29, 0.717) is 11.0 Å². The van der Waals surface area contributed by atoms with Crippen LogP contribution in [-0.4, -0.2) is 9.55 Å². The summed E-state index contributed by atoms with van der Waals surface area (Å²) in [6.07, 6.45) is 3.91. The lowest BCUT2D eigenvalue weighted by atomic mass is 10.1. The first kappa shape index (κ1) is 11.1. The minimum atomic E-state index is -0.0362. The van der Waals surface area contributed by atoms with Crippen LogP contribution in [0.1, 0.15) is 5.56 Å². The molecule has 0 N–H and O–H groups in total. The van der Waals surface area contributed by atoms with Gasteiger partial charge < -0.3 is 0 Å². The molecule has 0 bridgehead atoms. The molecule has 0 aliphatic carbocycles. The first-order valence-electron chi connectivity index (χ1n) is 5.01. The summed E-state index contributed by atoms with van der Waals surface area (Å²) >= 11 is 3.18. The number of hydrogen-bond donors (Lipinski definition) is 0. The summed E-state index contributed by atoms with van der Waals surface area (Å²) in [6.45, 7) is 0.648. The minimum absolute atomic E-state index is 0.0362. The highest BCUT2D eigenvalue weighted by Crippen LogP contribution is 2.02. The van der Waals surface area contributed by atoms with E-state index >= 15 is 0 Å². The van der Waals surface area contributed by atoms with Crippen LogP contribution in [0.4, 0.5) is 0 Å². The van der Waals surface area contributed by atoms with E-state index in [2.05, 4.69) is 33.0 Å². The van der Waals surface area contributed by atoms with E-state index in [9.17, 15) is 4.79 Å². The van der Waals surface area contributed by atoms with Gasteiger partial charge in [-0.1, -0.05) is 30.3 Å². The summed E-state index contributed by atoms with van der Waals surface area (Å²) in [5.74, 6) is 0. The molecule has 0 aliphatic rings. The van der Waals surface area contributed by atoms with Crippen molar-refractivity contribution in [3.8, 4) is 0 Å².